The van der Waals surface area contributed by atoms with Gasteiger partial charge in [0, 0.05) is 11.7 Å². The largest absolute Gasteiger partial charge is 0.398 e. The molecule has 0 bridgehead atoms. The summed E-state index contributed by atoms with van der Waals surface area (Å²) < 4.78 is 12.9. The van der Waals surface area contributed by atoms with Crippen LogP contribution < -0.4 is 11.1 Å². The fourth-order valence-corrected chi connectivity index (χ4v) is 2.06. The molecule has 2 aromatic rings. The molecule has 104 valence electrons. The summed E-state index contributed by atoms with van der Waals surface area (Å²) in [5.74, 6) is -0.734. The van der Waals surface area contributed by atoms with Crippen molar-refractivity contribution in [2.45, 2.75) is 19.4 Å². The van der Waals surface area contributed by atoms with Gasteiger partial charge in [-0.05, 0) is 37.1 Å². The van der Waals surface area contributed by atoms with Crippen LogP contribution in [0.15, 0.2) is 48.5 Å². The molecule has 2 rings (SSSR count). The van der Waals surface area contributed by atoms with Gasteiger partial charge in [-0.15, -0.1) is 0 Å². The summed E-state index contributed by atoms with van der Waals surface area (Å²) in [6.45, 7) is 1.92. The Morgan fingerprint density at radius 2 is 1.95 bits per heavy atom. The van der Waals surface area contributed by atoms with Gasteiger partial charge in [-0.25, -0.2) is 4.39 Å². The lowest BCUT2D eigenvalue weighted by molar-refractivity contribution is 0.0941. The normalized spacial score (nSPS) is 11.9. The van der Waals surface area contributed by atoms with Gasteiger partial charge < -0.3 is 11.1 Å². The summed E-state index contributed by atoms with van der Waals surface area (Å²) in [6.07, 6.45) is 0.730. The van der Waals surface area contributed by atoms with Gasteiger partial charge in [-0.3, -0.25) is 4.79 Å². The van der Waals surface area contributed by atoms with Crippen molar-refractivity contribution in [3.8, 4) is 0 Å². The van der Waals surface area contributed by atoms with E-state index in [0.29, 0.717) is 5.56 Å². The maximum absolute atomic E-state index is 12.9. The lowest BCUT2D eigenvalue weighted by Crippen LogP contribution is -2.34. The number of halogens is 1. The Labute approximate surface area is 117 Å². The lowest BCUT2D eigenvalue weighted by Gasteiger charge is -2.15. The first-order valence-electron chi connectivity index (χ1n) is 6.46. The number of nitrogens with one attached hydrogen (secondary N) is 1. The first-order chi connectivity index (χ1) is 9.56. The number of hydrogen-bond donors (Lipinski definition) is 2. The predicted molar refractivity (Wildman–Crippen MR) is 77.9 cm³/mol. The SMILES string of the molecule is CC(Cc1ccccc1)NC(=O)c1ccc(F)cc1N. The Hall–Kier alpha value is -2.36. The number of nitrogens with two attached hydrogens (primary N) is 1. The number of amides is 1. The van der Waals surface area contributed by atoms with Gasteiger partial charge in [0.15, 0.2) is 0 Å². The molecule has 0 saturated carbocycles. The number of rotatable bonds is 4. The number of nitrogen functional groups attached to an aromatic ring is 1. The summed E-state index contributed by atoms with van der Waals surface area (Å²) >= 11 is 0. The standard InChI is InChI=1S/C16H17FN2O/c1-11(9-12-5-3-2-4-6-12)19-16(20)14-8-7-13(17)10-15(14)18/h2-8,10-11H,9,18H2,1H3,(H,19,20). The molecule has 0 aliphatic heterocycles. The van der Waals surface area contributed by atoms with Crippen molar-refractivity contribution < 1.29 is 9.18 Å². The van der Waals surface area contributed by atoms with Crippen LogP contribution in [0.4, 0.5) is 10.1 Å². The van der Waals surface area contributed by atoms with Crippen molar-refractivity contribution >= 4 is 11.6 Å². The minimum absolute atomic E-state index is 0.0330. The van der Waals surface area contributed by atoms with E-state index in [-0.39, 0.29) is 17.6 Å². The fourth-order valence-electron chi connectivity index (χ4n) is 2.06. The van der Waals surface area contributed by atoms with Gasteiger partial charge in [0.1, 0.15) is 5.82 Å². The van der Waals surface area contributed by atoms with Gasteiger partial charge in [-0.1, -0.05) is 30.3 Å². The predicted octanol–water partition coefficient (Wildman–Crippen LogP) is 2.77. The van der Waals surface area contributed by atoms with Crippen LogP contribution in [0, 0.1) is 5.82 Å². The van der Waals surface area contributed by atoms with Crippen molar-refractivity contribution in [1.82, 2.24) is 5.32 Å². The van der Waals surface area contributed by atoms with Crippen LogP contribution in [-0.4, -0.2) is 11.9 Å². The number of anilines is 1. The Kier molecular flexibility index (Phi) is 4.35. The quantitative estimate of drug-likeness (QED) is 0.841. The highest BCUT2D eigenvalue weighted by Gasteiger charge is 2.13. The molecular weight excluding hydrogens is 255 g/mol. The van der Waals surface area contributed by atoms with E-state index < -0.39 is 5.82 Å². The molecule has 0 spiro atoms. The Morgan fingerprint density at radius 1 is 1.25 bits per heavy atom. The Morgan fingerprint density at radius 3 is 2.60 bits per heavy atom. The molecule has 3 nitrogen and oxygen atoms in total. The summed E-state index contributed by atoms with van der Waals surface area (Å²) in [6, 6.07) is 13.6. The molecule has 2 aromatic carbocycles. The molecule has 1 atom stereocenters. The second kappa shape index (κ2) is 6.19. The van der Waals surface area contributed by atoms with Crippen LogP contribution in [-0.2, 0) is 6.42 Å². The summed E-state index contributed by atoms with van der Waals surface area (Å²) in [7, 11) is 0. The zero-order valence-corrected chi connectivity index (χ0v) is 11.3. The summed E-state index contributed by atoms with van der Waals surface area (Å²) in [5, 5.41) is 2.86. The Balaban J connectivity index is 2.00. The van der Waals surface area contributed by atoms with Gasteiger partial charge >= 0.3 is 0 Å². The van der Waals surface area contributed by atoms with Crippen LogP contribution in [0.25, 0.3) is 0 Å². The molecule has 1 unspecified atom stereocenters. The second-order valence-corrected chi connectivity index (χ2v) is 4.80. The van der Waals surface area contributed by atoms with Crippen LogP contribution in [0.2, 0.25) is 0 Å². The third-order valence-corrected chi connectivity index (χ3v) is 3.02. The van der Waals surface area contributed by atoms with Gasteiger partial charge in [-0.2, -0.15) is 0 Å². The molecule has 0 aromatic heterocycles. The summed E-state index contributed by atoms with van der Waals surface area (Å²) in [5.41, 5.74) is 7.24. The van der Waals surface area contributed by atoms with Crippen LogP contribution >= 0.6 is 0 Å². The number of hydrogen-bond acceptors (Lipinski definition) is 2. The number of carbonyl (C=O) groups is 1. The van der Waals surface area contributed by atoms with E-state index in [9.17, 15) is 9.18 Å². The van der Waals surface area contributed by atoms with Crippen LogP contribution in [0.5, 0.6) is 0 Å². The van der Waals surface area contributed by atoms with E-state index in [1.54, 1.807) is 0 Å². The minimum Gasteiger partial charge on any atom is -0.398 e. The Bertz CT molecular complexity index is 599. The van der Waals surface area contributed by atoms with E-state index in [0.717, 1.165) is 18.1 Å². The average molecular weight is 272 g/mol. The van der Waals surface area contributed by atoms with Gasteiger partial charge in [0.2, 0.25) is 0 Å². The molecule has 0 heterocycles. The second-order valence-electron chi connectivity index (χ2n) is 4.80. The highest BCUT2D eigenvalue weighted by molar-refractivity contribution is 5.99. The van der Waals surface area contributed by atoms with Crippen molar-refractivity contribution in [3.05, 3.63) is 65.5 Å². The monoisotopic (exact) mass is 272 g/mol. The highest BCUT2D eigenvalue weighted by Crippen LogP contribution is 2.13. The first-order valence-corrected chi connectivity index (χ1v) is 6.46. The molecule has 4 heteroatoms. The van der Waals surface area contributed by atoms with Gasteiger partial charge in [0.25, 0.3) is 5.91 Å². The minimum atomic E-state index is -0.448. The molecule has 0 aliphatic rings. The fraction of sp³-hybridized carbons (Fsp3) is 0.188. The molecule has 0 aliphatic carbocycles. The zero-order valence-electron chi connectivity index (χ0n) is 11.3. The zero-order chi connectivity index (χ0) is 14.5. The molecule has 1 amide bonds. The van der Waals surface area contributed by atoms with Crippen molar-refractivity contribution in [2.75, 3.05) is 5.73 Å². The third kappa shape index (κ3) is 3.57. The number of carbonyl (C=O) groups excluding carboxylic acids is 1. The van der Waals surface area contributed by atoms with E-state index >= 15 is 0 Å². The highest BCUT2D eigenvalue weighted by atomic mass is 19.1. The topological polar surface area (TPSA) is 55.1 Å². The van der Waals surface area contributed by atoms with E-state index in [4.69, 9.17) is 5.73 Å². The molecule has 0 saturated heterocycles. The molecule has 0 fully saturated rings. The lowest BCUT2D eigenvalue weighted by atomic mass is 10.1. The summed E-state index contributed by atoms with van der Waals surface area (Å²) in [4.78, 5) is 12.1. The molecule has 20 heavy (non-hydrogen) atoms. The van der Waals surface area contributed by atoms with E-state index in [2.05, 4.69) is 5.32 Å². The van der Waals surface area contributed by atoms with Crippen molar-refractivity contribution in [1.29, 1.82) is 0 Å². The number of benzene rings is 2. The van der Waals surface area contributed by atoms with Crippen LogP contribution in [0.3, 0.4) is 0 Å². The average Bonchev–Trinajstić information content (AvgIpc) is 2.39. The van der Waals surface area contributed by atoms with Crippen LogP contribution in [0.1, 0.15) is 22.8 Å². The van der Waals surface area contributed by atoms with E-state index in [1.807, 2.05) is 37.3 Å². The van der Waals surface area contributed by atoms with Crippen molar-refractivity contribution in [2.24, 2.45) is 0 Å². The third-order valence-electron chi connectivity index (χ3n) is 3.02. The molecular formula is C16H17FN2O. The van der Waals surface area contributed by atoms with E-state index in [1.165, 1.54) is 12.1 Å². The maximum atomic E-state index is 12.9. The smallest absolute Gasteiger partial charge is 0.253 e. The molecule has 3 N–H and O–H groups in total. The molecule has 0 radical (unpaired) electrons. The maximum Gasteiger partial charge on any atom is 0.253 e. The van der Waals surface area contributed by atoms with Gasteiger partial charge in [0.05, 0.1) is 5.56 Å². The van der Waals surface area contributed by atoms with Crippen molar-refractivity contribution in [3.63, 3.8) is 0 Å². The first kappa shape index (κ1) is 14.1.